The molecular formula is C14H21N5. The number of pyridine rings is 1. The van der Waals surface area contributed by atoms with E-state index in [9.17, 15) is 0 Å². The second-order valence-corrected chi connectivity index (χ2v) is 4.62. The lowest BCUT2D eigenvalue weighted by Crippen LogP contribution is -2.08. The van der Waals surface area contributed by atoms with Gasteiger partial charge in [0.2, 0.25) is 0 Å². The van der Waals surface area contributed by atoms with Gasteiger partial charge in [0, 0.05) is 31.4 Å². The topological polar surface area (TPSA) is 68.8 Å². The SMILES string of the molecule is CCc1cccc(CCNc2nn(C)c(C)c2N)n1. The summed E-state index contributed by atoms with van der Waals surface area (Å²) in [4.78, 5) is 4.57. The third-order valence-electron chi connectivity index (χ3n) is 3.28. The maximum atomic E-state index is 5.97. The zero-order chi connectivity index (χ0) is 13.8. The summed E-state index contributed by atoms with van der Waals surface area (Å²) >= 11 is 0. The molecule has 2 rings (SSSR count). The van der Waals surface area contributed by atoms with Gasteiger partial charge < -0.3 is 11.1 Å². The van der Waals surface area contributed by atoms with Crippen LogP contribution in [0.25, 0.3) is 0 Å². The first-order valence-electron chi connectivity index (χ1n) is 6.59. The molecule has 2 aromatic rings. The van der Waals surface area contributed by atoms with Gasteiger partial charge in [0.1, 0.15) is 0 Å². The Morgan fingerprint density at radius 2 is 2.05 bits per heavy atom. The van der Waals surface area contributed by atoms with Crippen LogP contribution in [0, 0.1) is 6.92 Å². The largest absolute Gasteiger partial charge is 0.394 e. The van der Waals surface area contributed by atoms with Gasteiger partial charge in [-0.1, -0.05) is 13.0 Å². The molecule has 2 heterocycles. The molecule has 3 N–H and O–H groups in total. The predicted octanol–water partition coefficient (Wildman–Crippen LogP) is 1.92. The lowest BCUT2D eigenvalue weighted by Gasteiger charge is -2.05. The van der Waals surface area contributed by atoms with Gasteiger partial charge in [-0.2, -0.15) is 5.10 Å². The molecule has 0 radical (unpaired) electrons. The van der Waals surface area contributed by atoms with Crippen molar-refractivity contribution in [1.29, 1.82) is 0 Å². The molecule has 0 atom stereocenters. The van der Waals surface area contributed by atoms with Crippen LogP contribution in [0.1, 0.15) is 24.0 Å². The van der Waals surface area contributed by atoms with Crippen LogP contribution in [0.2, 0.25) is 0 Å². The van der Waals surface area contributed by atoms with Crippen LogP contribution in [-0.4, -0.2) is 21.3 Å². The molecule has 2 aromatic heterocycles. The monoisotopic (exact) mass is 259 g/mol. The quantitative estimate of drug-likeness (QED) is 0.860. The van der Waals surface area contributed by atoms with Crippen LogP contribution in [0.15, 0.2) is 18.2 Å². The molecule has 0 saturated carbocycles. The fraction of sp³-hybridized carbons (Fsp3) is 0.429. The van der Waals surface area contributed by atoms with Gasteiger partial charge in [-0.25, -0.2) is 0 Å². The molecule has 0 saturated heterocycles. The number of nitrogen functional groups attached to an aromatic ring is 1. The van der Waals surface area contributed by atoms with Crippen LogP contribution >= 0.6 is 0 Å². The smallest absolute Gasteiger partial charge is 0.171 e. The van der Waals surface area contributed by atoms with Crippen molar-refractivity contribution in [3.05, 3.63) is 35.3 Å². The maximum absolute atomic E-state index is 5.97. The van der Waals surface area contributed by atoms with Crippen molar-refractivity contribution < 1.29 is 0 Å². The minimum Gasteiger partial charge on any atom is -0.394 e. The Morgan fingerprint density at radius 3 is 2.68 bits per heavy atom. The molecule has 5 nitrogen and oxygen atoms in total. The first kappa shape index (κ1) is 13.4. The molecule has 0 aromatic carbocycles. The highest BCUT2D eigenvalue weighted by Crippen LogP contribution is 2.19. The number of aromatic nitrogens is 3. The van der Waals surface area contributed by atoms with Crippen LogP contribution in [0.4, 0.5) is 11.5 Å². The normalized spacial score (nSPS) is 10.7. The van der Waals surface area contributed by atoms with Crippen molar-refractivity contribution in [3.8, 4) is 0 Å². The van der Waals surface area contributed by atoms with Crippen molar-refractivity contribution in [2.45, 2.75) is 26.7 Å². The van der Waals surface area contributed by atoms with Gasteiger partial charge in [-0.15, -0.1) is 0 Å². The zero-order valence-electron chi connectivity index (χ0n) is 11.8. The van der Waals surface area contributed by atoms with Gasteiger partial charge in [0.05, 0.1) is 11.4 Å². The van der Waals surface area contributed by atoms with E-state index in [-0.39, 0.29) is 0 Å². The molecule has 5 heteroatoms. The van der Waals surface area contributed by atoms with Gasteiger partial charge in [-0.05, 0) is 25.5 Å². The summed E-state index contributed by atoms with van der Waals surface area (Å²) in [6.07, 6.45) is 1.83. The molecule has 0 spiro atoms. The van der Waals surface area contributed by atoms with Crippen molar-refractivity contribution in [2.75, 3.05) is 17.6 Å². The van der Waals surface area contributed by atoms with E-state index in [0.29, 0.717) is 0 Å². The first-order valence-corrected chi connectivity index (χ1v) is 6.59. The Morgan fingerprint density at radius 1 is 1.32 bits per heavy atom. The average Bonchev–Trinajstić information content (AvgIpc) is 2.67. The summed E-state index contributed by atoms with van der Waals surface area (Å²) in [5, 5.41) is 7.60. The van der Waals surface area contributed by atoms with Crippen LogP contribution in [0.5, 0.6) is 0 Å². The van der Waals surface area contributed by atoms with E-state index in [1.54, 1.807) is 4.68 Å². The maximum Gasteiger partial charge on any atom is 0.171 e. The summed E-state index contributed by atoms with van der Waals surface area (Å²) in [7, 11) is 1.89. The average molecular weight is 259 g/mol. The molecular weight excluding hydrogens is 238 g/mol. The number of anilines is 2. The summed E-state index contributed by atoms with van der Waals surface area (Å²) < 4.78 is 1.79. The summed E-state index contributed by atoms with van der Waals surface area (Å²) in [5.41, 5.74) is 9.89. The van der Waals surface area contributed by atoms with Crippen molar-refractivity contribution in [1.82, 2.24) is 14.8 Å². The van der Waals surface area contributed by atoms with E-state index in [2.05, 4.69) is 34.5 Å². The lowest BCUT2D eigenvalue weighted by molar-refractivity contribution is 0.741. The highest BCUT2D eigenvalue weighted by atomic mass is 15.3. The third kappa shape index (κ3) is 3.05. The lowest BCUT2D eigenvalue weighted by atomic mass is 10.2. The molecule has 0 amide bonds. The Bertz CT molecular complexity index is 559. The van der Waals surface area contributed by atoms with E-state index in [1.165, 1.54) is 0 Å². The number of hydrogen-bond donors (Lipinski definition) is 2. The zero-order valence-corrected chi connectivity index (χ0v) is 11.8. The Labute approximate surface area is 113 Å². The molecule has 19 heavy (non-hydrogen) atoms. The number of nitrogens with zero attached hydrogens (tertiary/aromatic N) is 3. The van der Waals surface area contributed by atoms with Crippen molar-refractivity contribution in [3.63, 3.8) is 0 Å². The van der Waals surface area contributed by atoms with Gasteiger partial charge in [0.25, 0.3) is 0 Å². The molecule has 102 valence electrons. The van der Waals surface area contributed by atoms with Crippen molar-refractivity contribution >= 4 is 11.5 Å². The standard InChI is InChI=1S/C14H21N5/c1-4-11-6-5-7-12(17-11)8-9-16-14-13(15)10(2)19(3)18-14/h5-7H,4,8-9,15H2,1-3H3,(H,16,18). The molecule has 0 fully saturated rings. The van der Waals surface area contributed by atoms with Crippen LogP contribution in [0.3, 0.4) is 0 Å². The second-order valence-electron chi connectivity index (χ2n) is 4.62. The summed E-state index contributed by atoms with van der Waals surface area (Å²) in [6.45, 7) is 4.85. The Hall–Kier alpha value is -2.04. The number of nitrogens with one attached hydrogen (secondary N) is 1. The number of aryl methyl sites for hydroxylation is 2. The summed E-state index contributed by atoms with van der Waals surface area (Å²) in [5.74, 6) is 0.756. The van der Waals surface area contributed by atoms with Crippen LogP contribution in [-0.2, 0) is 19.9 Å². The molecule has 0 aliphatic rings. The van der Waals surface area contributed by atoms with Gasteiger partial charge in [-0.3, -0.25) is 9.67 Å². The number of hydrogen-bond acceptors (Lipinski definition) is 4. The highest BCUT2D eigenvalue weighted by Gasteiger charge is 2.08. The van der Waals surface area contributed by atoms with E-state index >= 15 is 0 Å². The highest BCUT2D eigenvalue weighted by molar-refractivity contribution is 5.64. The molecule has 0 aliphatic heterocycles. The fourth-order valence-electron chi connectivity index (χ4n) is 1.93. The fourth-order valence-corrected chi connectivity index (χ4v) is 1.93. The predicted molar refractivity (Wildman–Crippen MR) is 78.2 cm³/mol. The van der Waals surface area contributed by atoms with E-state index in [1.807, 2.05) is 20.0 Å². The third-order valence-corrected chi connectivity index (χ3v) is 3.28. The minimum absolute atomic E-state index is 0.720. The van der Waals surface area contributed by atoms with E-state index in [4.69, 9.17) is 5.73 Å². The Balaban J connectivity index is 1.94. The van der Waals surface area contributed by atoms with Gasteiger partial charge >= 0.3 is 0 Å². The Kier molecular flexibility index (Phi) is 4.04. The second kappa shape index (κ2) is 5.73. The van der Waals surface area contributed by atoms with E-state index in [0.717, 1.165) is 48.0 Å². The molecule has 0 unspecified atom stereocenters. The number of nitrogens with two attached hydrogens (primary N) is 1. The summed E-state index contributed by atoms with van der Waals surface area (Å²) in [6, 6.07) is 6.16. The number of rotatable bonds is 5. The van der Waals surface area contributed by atoms with Crippen LogP contribution < -0.4 is 11.1 Å². The van der Waals surface area contributed by atoms with Crippen molar-refractivity contribution in [2.24, 2.45) is 7.05 Å². The minimum atomic E-state index is 0.720. The molecule has 0 aliphatic carbocycles. The molecule has 0 bridgehead atoms. The van der Waals surface area contributed by atoms with Gasteiger partial charge in [0.15, 0.2) is 5.82 Å². The first-order chi connectivity index (χ1) is 9.11. The van der Waals surface area contributed by atoms with E-state index < -0.39 is 0 Å².